The Balaban J connectivity index is 2.52. The fraction of sp³-hybridized carbons (Fsp3) is 0.476. The van der Waals surface area contributed by atoms with Crippen LogP contribution in [-0.4, -0.2) is 29.2 Å². The fourth-order valence-corrected chi connectivity index (χ4v) is 2.60. The number of carbonyl (C=O) groups excluding carboxylic acids is 1. The zero-order valence-electron chi connectivity index (χ0n) is 17.5. The highest BCUT2D eigenvalue weighted by molar-refractivity contribution is 5.95. The molecule has 0 atom stereocenters. The summed E-state index contributed by atoms with van der Waals surface area (Å²) >= 11 is 0. The lowest BCUT2D eigenvalue weighted by Crippen LogP contribution is -2.38. The number of halogens is 4. The molecule has 0 aliphatic heterocycles. The van der Waals surface area contributed by atoms with Gasteiger partial charge in [0.1, 0.15) is 12.5 Å². The number of amides is 1. The average Bonchev–Trinajstić information content (AvgIpc) is 2.63. The van der Waals surface area contributed by atoms with Crippen LogP contribution in [0.4, 0.5) is 23.2 Å². The summed E-state index contributed by atoms with van der Waals surface area (Å²) < 4.78 is 60.5. The molecule has 0 aliphatic carbocycles. The third-order valence-electron chi connectivity index (χ3n) is 3.95. The lowest BCUT2D eigenvalue weighted by atomic mass is 9.99. The van der Waals surface area contributed by atoms with Crippen molar-refractivity contribution < 1.29 is 27.1 Å². The van der Waals surface area contributed by atoms with Gasteiger partial charge in [0.2, 0.25) is 5.91 Å². The van der Waals surface area contributed by atoms with E-state index in [4.69, 9.17) is 4.74 Å². The molecule has 0 saturated heterocycles. The van der Waals surface area contributed by atoms with Crippen LogP contribution in [0.3, 0.4) is 0 Å². The van der Waals surface area contributed by atoms with E-state index in [9.17, 15) is 22.4 Å². The summed E-state index contributed by atoms with van der Waals surface area (Å²) in [7, 11) is 0. The SMILES string of the molecule is CC(C)C(=O)N(COCC(C)(C)C)c1ccc(-c2cncc(F)c2)nc1C(F)(F)F. The number of rotatable bonds is 6. The average molecular weight is 427 g/mol. The highest BCUT2D eigenvalue weighted by atomic mass is 19.4. The van der Waals surface area contributed by atoms with Crippen LogP contribution in [0.1, 0.15) is 40.3 Å². The molecule has 30 heavy (non-hydrogen) atoms. The van der Waals surface area contributed by atoms with Gasteiger partial charge in [0.25, 0.3) is 0 Å². The minimum absolute atomic E-state index is 0.0952. The molecule has 0 fully saturated rings. The Morgan fingerprint density at radius 2 is 1.83 bits per heavy atom. The predicted octanol–water partition coefficient (Wildman–Crippen LogP) is 5.31. The second-order valence-corrected chi connectivity index (χ2v) is 8.41. The van der Waals surface area contributed by atoms with E-state index in [0.29, 0.717) is 0 Å². The molecule has 2 heterocycles. The van der Waals surface area contributed by atoms with E-state index in [-0.39, 0.29) is 30.0 Å². The molecule has 0 N–H and O–H groups in total. The zero-order valence-corrected chi connectivity index (χ0v) is 17.5. The Bertz CT molecular complexity index is 893. The summed E-state index contributed by atoms with van der Waals surface area (Å²) in [6.07, 6.45) is -2.68. The Hall–Kier alpha value is -2.55. The van der Waals surface area contributed by atoms with Gasteiger partial charge in [0.15, 0.2) is 5.69 Å². The van der Waals surface area contributed by atoms with E-state index in [1.165, 1.54) is 12.3 Å². The van der Waals surface area contributed by atoms with Gasteiger partial charge < -0.3 is 4.74 Å². The van der Waals surface area contributed by atoms with Crippen LogP contribution in [0.25, 0.3) is 11.3 Å². The van der Waals surface area contributed by atoms with Crippen molar-refractivity contribution in [2.75, 3.05) is 18.2 Å². The third-order valence-corrected chi connectivity index (χ3v) is 3.95. The van der Waals surface area contributed by atoms with Crippen LogP contribution in [0.2, 0.25) is 0 Å². The molecule has 1 amide bonds. The van der Waals surface area contributed by atoms with Gasteiger partial charge in [-0.05, 0) is 23.6 Å². The van der Waals surface area contributed by atoms with E-state index < -0.39 is 35.2 Å². The van der Waals surface area contributed by atoms with Crippen molar-refractivity contribution in [3.8, 4) is 11.3 Å². The van der Waals surface area contributed by atoms with Crippen LogP contribution < -0.4 is 4.90 Å². The Labute approximate surface area is 173 Å². The molecule has 0 spiro atoms. The molecule has 2 aromatic rings. The highest BCUT2D eigenvalue weighted by Crippen LogP contribution is 2.37. The first-order valence-electron chi connectivity index (χ1n) is 9.38. The molecule has 0 radical (unpaired) electrons. The molecule has 0 unspecified atom stereocenters. The van der Waals surface area contributed by atoms with Gasteiger partial charge in [-0.25, -0.2) is 9.37 Å². The van der Waals surface area contributed by atoms with Gasteiger partial charge in [-0.15, -0.1) is 0 Å². The quantitative estimate of drug-likeness (QED) is 0.463. The molecule has 0 bridgehead atoms. The second-order valence-electron chi connectivity index (χ2n) is 8.41. The van der Waals surface area contributed by atoms with Crippen molar-refractivity contribution in [1.82, 2.24) is 9.97 Å². The van der Waals surface area contributed by atoms with Crippen LogP contribution in [-0.2, 0) is 15.7 Å². The normalized spacial score (nSPS) is 12.3. The van der Waals surface area contributed by atoms with E-state index in [2.05, 4.69) is 9.97 Å². The number of ether oxygens (including phenoxy) is 1. The molecule has 5 nitrogen and oxygen atoms in total. The molecule has 0 saturated carbocycles. The Kier molecular flexibility index (Phi) is 7.18. The smallest absolute Gasteiger partial charge is 0.360 e. The summed E-state index contributed by atoms with van der Waals surface area (Å²) in [5.41, 5.74) is -1.91. The maximum Gasteiger partial charge on any atom is 0.435 e. The summed E-state index contributed by atoms with van der Waals surface area (Å²) in [6.45, 7) is 8.81. The summed E-state index contributed by atoms with van der Waals surface area (Å²) in [5.74, 6) is -1.79. The number of anilines is 1. The highest BCUT2D eigenvalue weighted by Gasteiger charge is 2.39. The summed E-state index contributed by atoms with van der Waals surface area (Å²) in [4.78, 5) is 21.0. The zero-order chi connectivity index (χ0) is 22.7. The van der Waals surface area contributed by atoms with Crippen molar-refractivity contribution >= 4 is 11.6 Å². The van der Waals surface area contributed by atoms with Crippen molar-refractivity contribution in [3.05, 3.63) is 42.1 Å². The number of pyridine rings is 2. The van der Waals surface area contributed by atoms with Gasteiger partial charge in [0.05, 0.1) is 24.2 Å². The number of hydrogen-bond donors (Lipinski definition) is 0. The van der Waals surface area contributed by atoms with Crippen LogP contribution >= 0.6 is 0 Å². The molecular formula is C21H25F4N3O2. The lowest BCUT2D eigenvalue weighted by Gasteiger charge is -2.28. The number of nitrogens with zero attached hydrogens (tertiary/aromatic N) is 3. The van der Waals surface area contributed by atoms with Gasteiger partial charge in [-0.1, -0.05) is 34.6 Å². The minimum atomic E-state index is -4.84. The summed E-state index contributed by atoms with van der Waals surface area (Å²) in [5, 5.41) is 0. The number of alkyl halides is 3. The van der Waals surface area contributed by atoms with Crippen molar-refractivity contribution in [3.63, 3.8) is 0 Å². The van der Waals surface area contributed by atoms with Crippen molar-refractivity contribution in [2.45, 2.75) is 40.8 Å². The number of carbonyl (C=O) groups is 1. The van der Waals surface area contributed by atoms with Crippen LogP contribution in [0.5, 0.6) is 0 Å². The maximum absolute atomic E-state index is 13.8. The van der Waals surface area contributed by atoms with Gasteiger partial charge in [-0.2, -0.15) is 13.2 Å². The first-order chi connectivity index (χ1) is 13.8. The van der Waals surface area contributed by atoms with E-state index in [1.54, 1.807) is 13.8 Å². The molecular weight excluding hydrogens is 402 g/mol. The van der Waals surface area contributed by atoms with Gasteiger partial charge in [0, 0.05) is 17.7 Å². The first kappa shape index (κ1) is 23.7. The van der Waals surface area contributed by atoms with Crippen molar-refractivity contribution in [2.24, 2.45) is 11.3 Å². The minimum Gasteiger partial charge on any atom is -0.360 e. The largest absolute Gasteiger partial charge is 0.435 e. The summed E-state index contributed by atoms with van der Waals surface area (Å²) in [6, 6.07) is 3.49. The second kappa shape index (κ2) is 9.07. The molecule has 9 heteroatoms. The van der Waals surface area contributed by atoms with E-state index in [1.807, 2.05) is 20.8 Å². The molecule has 2 rings (SSSR count). The molecule has 2 aromatic heterocycles. The van der Waals surface area contributed by atoms with E-state index in [0.717, 1.165) is 23.2 Å². The molecule has 164 valence electrons. The van der Waals surface area contributed by atoms with Crippen molar-refractivity contribution in [1.29, 1.82) is 0 Å². The van der Waals surface area contributed by atoms with Gasteiger partial charge >= 0.3 is 6.18 Å². The predicted molar refractivity (Wildman–Crippen MR) is 105 cm³/mol. The third kappa shape index (κ3) is 6.22. The Morgan fingerprint density at radius 1 is 1.17 bits per heavy atom. The monoisotopic (exact) mass is 427 g/mol. The first-order valence-corrected chi connectivity index (χ1v) is 9.38. The Morgan fingerprint density at radius 3 is 2.37 bits per heavy atom. The maximum atomic E-state index is 13.8. The van der Waals surface area contributed by atoms with Crippen LogP contribution in [0, 0.1) is 17.2 Å². The number of aromatic nitrogens is 2. The molecule has 0 aromatic carbocycles. The van der Waals surface area contributed by atoms with Gasteiger partial charge in [-0.3, -0.25) is 14.7 Å². The molecule has 0 aliphatic rings. The standard InChI is InChI=1S/C21H25F4N3O2/c1-13(2)19(29)28(12-30-11-20(3,4)5)17-7-6-16(27-18(17)21(23,24)25)14-8-15(22)10-26-9-14/h6-10,13H,11-12H2,1-5H3. The van der Waals surface area contributed by atoms with Crippen LogP contribution in [0.15, 0.2) is 30.6 Å². The number of hydrogen-bond acceptors (Lipinski definition) is 4. The lowest BCUT2D eigenvalue weighted by molar-refractivity contribution is -0.140. The van der Waals surface area contributed by atoms with E-state index >= 15 is 0 Å². The fourth-order valence-electron chi connectivity index (χ4n) is 2.60. The topological polar surface area (TPSA) is 55.3 Å².